The fraction of sp³-hybridized carbons (Fsp3) is 0.231. The van der Waals surface area contributed by atoms with E-state index in [4.69, 9.17) is 9.84 Å². The van der Waals surface area contributed by atoms with Crippen molar-refractivity contribution < 1.29 is 19.4 Å². The lowest BCUT2D eigenvalue weighted by Gasteiger charge is -2.16. The summed E-state index contributed by atoms with van der Waals surface area (Å²) < 4.78 is 7.18. The first-order chi connectivity index (χ1) is 15.1. The van der Waals surface area contributed by atoms with Gasteiger partial charge in [-0.2, -0.15) is 0 Å². The summed E-state index contributed by atoms with van der Waals surface area (Å²) in [6.07, 6.45) is 0.522. The Hall–Kier alpha value is -2.70. The van der Waals surface area contributed by atoms with E-state index in [9.17, 15) is 9.59 Å². The van der Waals surface area contributed by atoms with Crippen LogP contribution >= 0.6 is 27.3 Å². The molecule has 3 aromatic carbocycles. The van der Waals surface area contributed by atoms with E-state index in [1.165, 1.54) is 0 Å². The molecule has 6 heteroatoms. The zero-order valence-electron chi connectivity index (χ0n) is 18.1. The molecule has 4 rings (SSSR count). The van der Waals surface area contributed by atoms with Crippen LogP contribution in [0, 0.1) is 5.41 Å². The topological polar surface area (TPSA) is 63.6 Å². The van der Waals surface area contributed by atoms with E-state index in [-0.39, 0.29) is 17.8 Å². The molecule has 0 spiro atoms. The molecule has 0 atom stereocenters. The molecule has 1 N–H and O–H groups in total. The maximum Gasteiger partial charge on any atom is 0.341 e. The van der Waals surface area contributed by atoms with Gasteiger partial charge >= 0.3 is 5.97 Å². The highest BCUT2D eigenvalue weighted by atomic mass is 79.9. The number of fused-ring (bicyclic) bond motifs is 2. The maximum absolute atomic E-state index is 12.6. The van der Waals surface area contributed by atoms with Crippen LogP contribution in [0.25, 0.3) is 31.3 Å². The number of carbonyl (C=O) groups excluding carboxylic acids is 1. The molecule has 0 saturated heterocycles. The Labute approximate surface area is 199 Å². The largest absolute Gasteiger partial charge is 0.481 e. The molecule has 32 heavy (non-hydrogen) atoms. The molecule has 1 aromatic heterocycles. The van der Waals surface area contributed by atoms with Gasteiger partial charge in [0.25, 0.3) is 0 Å². The van der Waals surface area contributed by atoms with E-state index in [0.717, 1.165) is 41.3 Å². The van der Waals surface area contributed by atoms with E-state index < -0.39 is 5.97 Å². The number of hydrogen-bond acceptors (Lipinski definition) is 4. The molecular weight excluding hydrogens is 488 g/mol. The van der Waals surface area contributed by atoms with Crippen molar-refractivity contribution in [2.75, 3.05) is 6.61 Å². The SMILES string of the molecule is CC(C)(C)CC(=O)c1ccc2cc(-c3ccc4c(Br)c(OCC(=O)O)ccc4c3)sc2c1. The van der Waals surface area contributed by atoms with Crippen LogP contribution in [0.1, 0.15) is 37.6 Å². The Kier molecular flexibility index (Phi) is 6.10. The molecule has 0 fully saturated rings. The maximum atomic E-state index is 12.6. The van der Waals surface area contributed by atoms with Gasteiger partial charge in [-0.15, -0.1) is 11.3 Å². The van der Waals surface area contributed by atoms with Gasteiger partial charge in [-0.25, -0.2) is 4.79 Å². The predicted octanol–water partition coefficient (Wildman–Crippen LogP) is 7.57. The van der Waals surface area contributed by atoms with Gasteiger partial charge < -0.3 is 9.84 Å². The minimum Gasteiger partial charge on any atom is -0.481 e. The third kappa shape index (κ3) is 4.87. The molecule has 0 aliphatic rings. The van der Waals surface area contributed by atoms with E-state index in [1.54, 1.807) is 17.4 Å². The molecular formula is C26H23BrO4S. The number of ether oxygens (including phenoxy) is 1. The van der Waals surface area contributed by atoms with Crippen LogP contribution in [0.5, 0.6) is 5.75 Å². The lowest BCUT2D eigenvalue weighted by atomic mass is 9.88. The molecule has 0 aliphatic heterocycles. The lowest BCUT2D eigenvalue weighted by Crippen LogP contribution is -2.12. The van der Waals surface area contributed by atoms with Gasteiger partial charge in [0.1, 0.15) is 5.75 Å². The van der Waals surface area contributed by atoms with Gasteiger partial charge in [0.05, 0.1) is 4.47 Å². The number of hydrogen-bond donors (Lipinski definition) is 1. The number of Topliss-reactive ketones (excluding diaryl/α,β-unsaturated/α-hetero) is 1. The highest BCUT2D eigenvalue weighted by molar-refractivity contribution is 9.10. The summed E-state index contributed by atoms with van der Waals surface area (Å²) in [5.41, 5.74) is 1.81. The number of halogens is 1. The molecule has 4 aromatic rings. The Morgan fingerprint density at radius 2 is 1.75 bits per heavy atom. The normalized spacial score (nSPS) is 11.8. The monoisotopic (exact) mass is 510 g/mol. The van der Waals surface area contributed by atoms with Crippen LogP contribution < -0.4 is 4.74 Å². The highest BCUT2D eigenvalue weighted by Crippen LogP contribution is 2.39. The fourth-order valence-electron chi connectivity index (χ4n) is 3.61. The smallest absolute Gasteiger partial charge is 0.341 e. The summed E-state index contributed by atoms with van der Waals surface area (Å²) in [5.74, 6) is -0.340. The van der Waals surface area contributed by atoms with Gasteiger partial charge in [0.2, 0.25) is 0 Å². The van der Waals surface area contributed by atoms with Crippen LogP contribution in [-0.2, 0) is 4.79 Å². The number of aliphatic carboxylic acids is 1. The predicted molar refractivity (Wildman–Crippen MR) is 134 cm³/mol. The van der Waals surface area contributed by atoms with Crippen LogP contribution in [0.2, 0.25) is 0 Å². The van der Waals surface area contributed by atoms with Crippen molar-refractivity contribution in [1.29, 1.82) is 0 Å². The average molecular weight is 511 g/mol. The summed E-state index contributed by atoms with van der Waals surface area (Å²) in [6, 6.07) is 18.0. The molecule has 4 nitrogen and oxygen atoms in total. The summed E-state index contributed by atoms with van der Waals surface area (Å²) in [7, 11) is 0. The molecule has 164 valence electrons. The number of benzene rings is 3. The van der Waals surface area contributed by atoms with Crippen molar-refractivity contribution in [1.82, 2.24) is 0 Å². The molecule has 0 radical (unpaired) electrons. The van der Waals surface area contributed by atoms with Crippen molar-refractivity contribution in [3.05, 3.63) is 64.6 Å². The number of rotatable bonds is 6. The van der Waals surface area contributed by atoms with E-state index in [2.05, 4.69) is 48.8 Å². The van der Waals surface area contributed by atoms with Crippen LogP contribution in [0.3, 0.4) is 0 Å². The van der Waals surface area contributed by atoms with Gasteiger partial charge in [-0.1, -0.05) is 51.1 Å². The minimum absolute atomic E-state index is 0.0372. The Morgan fingerprint density at radius 1 is 1.00 bits per heavy atom. The second-order valence-corrected chi connectivity index (χ2v) is 10.9. The molecule has 0 saturated carbocycles. The molecule has 0 unspecified atom stereocenters. The first kappa shape index (κ1) is 22.5. The highest BCUT2D eigenvalue weighted by Gasteiger charge is 2.18. The minimum atomic E-state index is -1.01. The third-order valence-corrected chi connectivity index (χ3v) is 7.05. The van der Waals surface area contributed by atoms with E-state index >= 15 is 0 Å². The number of ketones is 1. The number of carboxylic acid groups (broad SMARTS) is 1. The number of thiophene rings is 1. The zero-order valence-corrected chi connectivity index (χ0v) is 20.5. The zero-order chi connectivity index (χ0) is 23.0. The van der Waals surface area contributed by atoms with Gasteiger partial charge in [0.15, 0.2) is 12.4 Å². The van der Waals surface area contributed by atoms with Crippen molar-refractivity contribution in [3.8, 4) is 16.2 Å². The van der Waals surface area contributed by atoms with Crippen LogP contribution in [-0.4, -0.2) is 23.5 Å². The van der Waals surface area contributed by atoms with Gasteiger partial charge in [-0.3, -0.25) is 4.79 Å². The standard InChI is InChI=1S/C26H23BrO4S/c1-26(2,3)13-20(28)16-4-5-18-12-23(32-22(18)11-16)17-6-8-19-15(10-17)7-9-21(25(19)27)31-14-24(29)30/h4-12H,13-14H2,1-3H3,(H,29,30). The van der Waals surface area contributed by atoms with Crippen molar-refractivity contribution in [3.63, 3.8) is 0 Å². The summed E-state index contributed by atoms with van der Waals surface area (Å²) in [4.78, 5) is 24.5. The number of carboxylic acids is 1. The summed E-state index contributed by atoms with van der Waals surface area (Å²) >= 11 is 5.21. The Balaban J connectivity index is 1.66. The third-order valence-electron chi connectivity index (χ3n) is 5.09. The molecule has 0 bridgehead atoms. The molecule has 0 amide bonds. The van der Waals surface area contributed by atoms with Crippen molar-refractivity contribution >= 4 is 59.9 Å². The van der Waals surface area contributed by atoms with Crippen LogP contribution in [0.15, 0.2) is 59.1 Å². The van der Waals surface area contributed by atoms with E-state index in [0.29, 0.717) is 12.2 Å². The van der Waals surface area contributed by atoms with Crippen molar-refractivity contribution in [2.24, 2.45) is 5.41 Å². The lowest BCUT2D eigenvalue weighted by molar-refractivity contribution is -0.139. The van der Waals surface area contributed by atoms with Crippen LogP contribution in [0.4, 0.5) is 0 Å². The Bertz CT molecular complexity index is 1350. The van der Waals surface area contributed by atoms with Gasteiger partial charge in [0, 0.05) is 21.6 Å². The second kappa shape index (κ2) is 8.68. The molecule has 1 heterocycles. The quantitative estimate of drug-likeness (QED) is 0.271. The van der Waals surface area contributed by atoms with Crippen molar-refractivity contribution in [2.45, 2.75) is 27.2 Å². The average Bonchev–Trinajstić information content (AvgIpc) is 3.15. The number of carbonyl (C=O) groups is 2. The Morgan fingerprint density at radius 3 is 2.47 bits per heavy atom. The summed E-state index contributed by atoms with van der Waals surface area (Å²) in [5, 5.41) is 11.9. The fourth-order valence-corrected chi connectivity index (χ4v) is 5.31. The molecule has 0 aliphatic carbocycles. The first-order valence-corrected chi connectivity index (χ1v) is 11.9. The van der Waals surface area contributed by atoms with Gasteiger partial charge in [-0.05, 0) is 67.3 Å². The first-order valence-electron chi connectivity index (χ1n) is 10.2. The second-order valence-electron chi connectivity index (χ2n) is 9.02. The summed E-state index contributed by atoms with van der Waals surface area (Å²) in [6.45, 7) is 5.84. The van der Waals surface area contributed by atoms with E-state index in [1.807, 2.05) is 36.4 Å².